The fraction of sp³-hybridized carbons (Fsp3) is 0.778. The van der Waals surface area contributed by atoms with Crippen molar-refractivity contribution in [1.82, 2.24) is 10.2 Å². The van der Waals surface area contributed by atoms with Gasteiger partial charge in [-0.15, -0.1) is 0 Å². The fourth-order valence-corrected chi connectivity index (χ4v) is 1.64. The summed E-state index contributed by atoms with van der Waals surface area (Å²) >= 11 is 0. The van der Waals surface area contributed by atoms with Gasteiger partial charge in [-0.1, -0.05) is 6.92 Å². The van der Waals surface area contributed by atoms with Crippen molar-refractivity contribution < 1.29 is 19.8 Å². The van der Waals surface area contributed by atoms with Crippen LogP contribution in [0.4, 0.5) is 0 Å². The Morgan fingerprint density at radius 1 is 1.53 bits per heavy atom. The molecule has 1 heterocycles. The maximum absolute atomic E-state index is 10.9. The van der Waals surface area contributed by atoms with Crippen LogP contribution in [0, 0.1) is 5.92 Å². The predicted molar refractivity (Wildman–Crippen MR) is 52.7 cm³/mol. The molecule has 0 saturated carbocycles. The Labute approximate surface area is 87.9 Å². The lowest BCUT2D eigenvalue weighted by Crippen LogP contribution is -2.56. The number of nitrogens with one attached hydrogen (secondary N) is 1. The van der Waals surface area contributed by atoms with Crippen molar-refractivity contribution >= 4 is 11.9 Å². The van der Waals surface area contributed by atoms with E-state index >= 15 is 0 Å². The van der Waals surface area contributed by atoms with Gasteiger partial charge in [-0.25, -0.2) is 0 Å². The molecule has 1 fully saturated rings. The molecule has 6 heteroatoms. The smallest absolute Gasteiger partial charge is 0.322 e. The van der Waals surface area contributed by atoms with Crippen LogP contribution in [-0.4, -0.2) is 59.3 Å². The molecule has 2 atom stereocenters. The number of rotatable bonds is 4. The van der Waals surface area contributed by atoms with Crippen molar-refractivity contribution in [3.63, 3.8) is 0 Å². The molecule has 0 bridgehead atoms. The Balaban J connectivity index is 2.56. The van der Waals surface area contributed by atoms with Crippen LogP contribution >= 0.6 is 0 Å². The summed E-state index contributed by atoms with van der Waals surface area (Å²) in [6.45, 7) is 3.53. The van der Waals surface area contributed by atoms with Crippen LogP contribution in [0.1, 0.15) is 6.92 Å². The van der Waals surface area contributed by atoms with Crippen molar-refractivity contribution in [2.45, 2.75) is 13.0 Å². The lowest BCUT2D eigenvalue weighted by atomic mass is 10.1. The van der Waals surface area contributed by atoms with Gasteiger partial charge < -0.3 is 15.5 Å². The summed E-state index contributed by atoms with van der Waals surface area (Å²) in [4.78, 5) is 23.3. The standard InChI is InChI=1S/C9H16N2O4/c1-6(8(12)13)5-11-3-2-10-4-7(11)9(14)15/h6-7,10H,2-5H2,1H3,(H,12,13)(H,14,15). The summed E-state index contributed by atoms with van der Waals surface area (Å²) in [6.07, 6.45) is 0. The highest BCUT2D eigenvalue weighted by Crippen LogP contribution is 2.08. The first-order chi connectivity index (χ1) is 7.02. The zero-order valence-electron chi connectivity index (χ0n) is 8.64. The van der Waals surface area contributed by atoms with Gasteiger partial charge in [0.15, 0.2) is 0 Å². The third-order valence-corrected chi connectivity index (χ3v) is 2.57. The summed E-state index contributed by atoms with van der Waals surface area (Å²) in [7, 11) is 0. The van der Waals surface area contributed by atoms with Crippen molar-refractivity contribution in [2.24, 2.45) is 5.92 Å². The topological polar surface area (TPSA) is 89.9 Å². The number of nitrogens with zero attached hydrogens (tertiary/aromatic N) is 1. The van der Waals surface area contributed by atoms with Crippen molar-refractivity contribution in [1.29, 1.82) is 0 Å². The first-order valence-electron chi connectivity index (χ1n) is 4.92. The summed E-state index contributed by atoms with van der Waals surface area (Å²) in [5.74, 6) is -2.33. The molecule has 15 heavy (non-hydrogen) atoms. The van der Waals surface area contributed by atoms with Gasteiger partial charge in [-0.05, 0) is 0 Å². The van der Waals surface area contributed by atoms with E-state index in [1.54, 1.807) is 11.8 Å². The van der Waals surface area contributed by atoms with Gasteiger partial charge in [0.05, 0.1) is 5.92 Å². The van der Waals surface area contributed by atoms with E-state index in [1.807, 2.05) is 0 Å². The molecule has 0 aromatic heterocycles. The maximum Gasteiger partial charge on any atom is 0.322 e. The molecule has 0 aromatic carbocycles. The van der Waals surface area contributed by atoms with E-state index in [0.717, 1.165) is 0 Å². The highest BCUT2D eigenvalue weighted by atomic mass is 16.4. The molecular weight excluding hydrogens is 200 g/mol. The number of carbonyl (C=O) groups is 2. The van der Waals surface area contributed by atoms with Gasteiger partial charge in [-0.3, -0.25) is 14.5 Å². The lowest BCUT2D eigenvalue weighted by Gasteiger charge is -2.34. The van der Waals surface area contributed by atoms with Gasteiger partial charge in [0.2, 0.25) is 0 Å². The summed E-state index contributed by atoms with van der Waals surface area (Å²) in [5.41, 5.74) is 0. The Morgan fingerprint density at radius 3 is 2.73 bits per heavy atom. The van der Waals surface area contributed by atoms with Crippen LogP contribution in [0.25, 0.3) is 0 Å². The molecule has 2 unspecified atom stereocenters. The molecule has 1 aliphatic rings. The van der Waals surface area contributed by atoms with E-state index < -0.39 is 23.9 Å². The van der Waals surface area contributed by atoms with E-state index in [4.69, 9.17) is 10.2 Å². The molecule has 86 valence electrons. The molecule has 0 spiro atoms. The summed E-state index contributed by atoms with van der Waals surface area (Å²) < 4.78 is 0. The first kappa shape index (κ1) is 11.9. The Hall–Kier alpha value is -1.14. The summed E-state index contributed by atoms with van der Waals surface area (Å²) in [6, 6.07) is -0.611. The van der Waals surface area contributed by atoms with E-state index in [-0.39, 0.29) is 6.54 Å². The predicted octanol–water partition coefficient (Wildman–Crippen LogP) is -0.934. The van der Waals surface area contributed by atoms with Gasteiger partial charge in [-0.2, -0.15) is 0 Å². The monoisotopic (exact) mass is 216 g/mol. The number of carboxylic acid groups (broad SMARTS) is 2. The van der Waals surface area contributed by atoms with E-state index in [0.29, 0.717) is 19.6 Å². The average molecular weight is 216 g/mol. The second-order valence-corrected chi connectivity index (χ2v) is 3.79. The molecule has 1 rings (SSSR count). The molecular formula is C9H16N2O4. The van der Waals surface area contributed by atoms with Gasteiger partial charge in [0.1, 0.15) is 6.04 Å². The maximum atomic E-state index is 10.9. The number of aliphatic carboxylic acids is 2. The molecule has 0 amide bonds. The molecule has 3 N–H and O–H groups in total. The minimum Gasteiger partial charge on any atom is -0.481 e. The van der Waals surface area contributed by atoms with Crippen LogP contribution in [0.15, 0.2) is 0 Å². The second-order valence-electron chi connectivity index (χ2n) is 3.79. The molecule has 1 aliphatic heterocycles. The highest BCUT2D eigenvalue weighted by molar-refractivity contribution is 5.74. The average Bonchev–Trinajstić information content (AvgIpc) is 2.18. The summed E-state index contributed by atoms with van der Waals surface area (Å²) in [5, 5.41) is 20.7. The normalized spacial score (nSPS) is 24.7. The molecule has 6 nitrogen and oxygen atoms in total. The number of hydrogen-bond acceptors (Lipinski definition) is 4. The van der Waals surface area contributed by atoms with Crippen molar-refractivity contribution in [3.8, 4) is 0 Å². The van der Waals surface area contributed by atoms with Crippen LogP contribution in [0.2, 0.25) is 0 Å². The van der Waals surface area contributed by atoms with E-state index in [2.05, 4.69) is 5.32 Å². The Kier molecular flexibility index (Phi) is 4.05. The zero-order chi connectivity index (χ0) is 11.4. The lowest BCUT2D eigenvalue weighted by molar-refractivity contribution is -0.147. The fourth-order valence-electron chi connectivity index (χ4n) is 1.64. The van der Waals surface area contributed by atoms with Crippen molar-refractivity contribution in [2.75, 3.05) is 26.2 Å². The van der Waals surface area contributed by atoms with E-state index in [9.17, 15) is 9.59 Å². The number of carboxylic acids is 2. The third-order valence-electron chi connectivity index (χ3n) is 2.57. The molecule has 0 aliphatic carbocycles. The highest BCUT2D eigenvalue weighted by Gasteiger charge is 2.30. The molecule has 0 aromatic rings. The van der Waals surface area contributed by atoms with Gasteiger partial charge in [0.25, 0.3) is 0 Å². The van der Waals surface area contributed by atoms with Crippen LogP contribution in [-0.2, 0) is 9.59 Å². The number of piperazine rings is 1. The number of hydrogen-bond donors (Lipinski definition) is 3. The van der Waals surface area contributed by atoms with E-state index in [1.165, 1.54) is 0 Å². The largest absolute Gasteiger partial charge is 0.481 e. The zero-order valence-corrected chi connectivity index (χ0v) is 8.64. The Morgan fingerprint density at radius 2 is 2.20 bits per heavy atom. The minimum atomic E-state index is -0.903. The van der Waals surface area contributed by atoms with Gasteiger partial charge in [0, 0.05) is 26.2 Å². The molecule has 0 radical (unpaired) electrons. The quantitative estimate of drug-likeness (QED) is 0.562. The Bertz CT molecular complexity index is 256. The second kappa shape index (κ2) is 5.09. The third kappa shape index (κ3) is 3.17. The molecule has 1 saturated heterocycles. The SMILES string of the molecule is CC(CN1CCNCC1C(=O)O)C(=O)O. The van der Waals surface area contributed by atoms with Gasteiger partial charge >= 0.3 is 11.9 Å². The van der Waals surface area contributed by atoms with Crippen LogP contribution in [0.5, 0.6) is 0 Å². The van der Waals surface area contributed by atoms with Crippen LogP contribution < -0.4 is 5.32 Å². The van der Waals surface area contributed by atoms with Crippen molar-refractivity contribution in [3.05, 3.63) is 0 Å². The minimum absolute atomic E-state index is 0.286. The van der Waals surface area contributed by atoms with Crippen LogP contribution in [0.3, 0.4) is 0 Å². The first-order valence-corrected chi connectivity index (χ1v) is 4.92.